The molecule has 0 aliphatic rings. The molecule has 1 aromatic rings. The molecule has 0 saturated heterocycles. The van der Waals surface area contributed by atoms with E-state index in [0.717, 1.165) is 5.56 Å². The van der Waals surface area contributed by atoms with Crippen molar-refractivity contribution in [3.8, 4) is 0 Å². The Balaban J connectivity index is 2.62. The SMILES string of the molecule is CC(=O)OCc1ccc(NC(=O)C(C)NC(=O)[C@@H](NC(=O)CCO)C(C)C)cc1. The van der Waals surface area contributed by atoms with Gasteiger partial charge in [0.2, 0.25) is 17.7 Å². The van der Waals surface area contributed by atoms with Crippen molar-refractivity contribution in [1.82, 2.24) is 10.6 Å². The van der Waals surface area contributed by atoms with Crippen LogP contribution in [-0.2, 0) is 30.5 Å². The maximum atomic E-state index is 12.5. The molecule has 4 N–H and O–H groups in total. The molecule has 0 fully saturated rings. The monoisotopic (exact) mass is 407 g/mol. The molecule has 0 radical (unpaired) electrons. The molecule has 1 unspecified atom stereocenters. The van der Waals surface area contributed by atoms with Crippen molar-refractivity contribution in [2.45, 2.75) is 52.8 Å². The number of carbonyl (C=O) groups is 4. The van der Waals surface area contributed by atoms with Gasteiger partial charge in [-0.2, -0.15) is 0 Å². The largest absolute Gasteiger partial charge is 0.461 e. The van der Waals surface area contributed by atoms with Crippen molar-refractivity contribution in [3.63, 3.8) is 0 Å². The van der Waals surface area contributed by atoms with Crippen molar-refractivity contribution < 1.29 is 29.0 Å². The summed E-state index contributed by atoms with van der Waals surface area (Å²) in [5.74, 6) is -1.91. The van der Waals surface area contributed by atoms with Gasteiger partial charge < -0.3 is 25.8 Å². The maximum absolute atomic E-state index is 12.5. The third kappa shape index (κ3) is 8.73. The van der Waals surface area contributed by atoms with E-state index in [2.05, 4.69) is 16.0 Å². The Labute approximate surface area is 170 Å². The van der Waals surface area contributed by atoms with Crippen LogP contribution in [0.4, 0.5) is 5.69 Å². The topological polar surface area (TPSA) is 134 Å². The number of aliphatic hydroxyl groups is 1. The third-order valence-corrected chi connectivity index (χ3v) is 4.02. The number of rotatable bonds is 10. The van der Waals surface area contributed by atoms with Gasteiger partial charge in [-0.05, 0) is 30.5 Å². The Morgan fingerprint density at radius 2 is 1.62 bits per heavy atom. The first-order valence-corrected chi connectivity index (χ1v) is 9.37. The predicted octanol–water partition coefficient (Wildman–Crippen LogP) is 0.716. The summed E-state index contributed by atoms with van der Waals surface area (Å²) < 4.78 is 4.90. The molecule has 3 amide bonds. The summed E-state index contributed by atoms with van der Waals surface area (Å²) in [4.78, 5) is 47.3. The summed E-state index contributed by atoms with van der Waals surface area (Å²) >= 11 is 0. The highest BCUT2D eigenvalue weighted by molar-refractivity contribution is 5.98. The maximum Gasteiger partial charge on any atom is 0.302 e. The number of carbonyl (C=O) groups excluding carboxylic acids is 4. The quantitative estimate of drug-likeness (QED) is 0.422. The number of hydrogen-bond donors (Lipinski definition) is 4. The number of hydrogen-bond acceptors (Lipinski definition) is 6. The van der Waals surface area contributed by atoms with Crippen LogP contribution in [0.5, 0.6) is 0 Å². The molecular weight excluding hydrogens is 378 g/mol. The van der Waals surface area contributed by atoms with Gasteiger partial charge in [0, 0.05) is 19.0 Å². The normalized spacial score (nSPS) is 12.6. The molecule has 0 aliphatic carbocycles. The molecule has 9 nitrogen and oxygen atoms in total. The average molecular weight is 407 g/mol. The van der Waals surface area contributed by atoms with Crippen molar-refractivity contribution in [2.24, 2.45) is 5.92 Å². The second-order valence-electron chi connectivity index (χ2n) is 6.96. The van der Waals surface area contributed by atoms with Crippen molar-refractivity contribution >= 4 is 29.4 Å². The molecule has 1 aromatic carbocycles. The van der Waals surface area contributed by atoms with Crippen LogP contribution in [0.1, 0.15) is 39.7 Å². The Morgan fingerprint density at radius 1 is 1.00 bits per heavy atom. The van der Waals surface area contributed by atoms with Crippen LogP contribution in [-0.4, -0.2) is 47.5 Å². The standard InChI is InChI=1S/C20H29N3O6/c1-12(2)18(23-17(26)9-10-24)20(28)21-13(3)19(27)22-16-7-5-15(6-8-16)11-29-14(4)25/h5-8,12-13,18,24H,9-11H2,1-4H3,(H,21,28)(H,22,27)(H,23,26)/t13?,18-/m0/s1. The van der Waals surface area contributed by atoms with Crippen LogP contribution in [0.3, 0.4) is 0 Å². The van der Waals surface area contributed by atoms with Gasteiger partial charge in [0.15, 0.2) is 0 Å². The second kappa shape index (κ2) is 11.8. The first kappa shape index (κ1) is 24.1. The minimum absolute atomic E-state index is 0.0972. The number of amides is 3. The molecule has 9 heteroatoms. The van der Waals surface area contributed by atoms with Crippen LogP contribution in [0, 0.1) is 5.92 Å². The lowest BCUT2D eigenvalue weighted by Gasteiger charge is -2.23. The first-order chi connectivity index (χ1) is 13.6. The number of esters is 1. The molecule has 0 heterocycles. The molecule has 0 spiro atoms. The summed E-state index contributed by atoms with van der Waals surface area (Å²) in [5.41, 5.74) is 1.30. The van der Waals surface area contributed by atoms with Gasteiger partial charge in [-0.3, -0.25) is 19.2 Å². The average Bonchev–Trinajstić information content (AvgIpc) is 2.65. The molecule has 0 bridgehead atoms. The van der Waals surface area contributed by atoms with E-state index in [4.69, 9.17) is 9.84 Å². The van der Waals surface area contributed by atoms with Crippen LogP contribution >= 0.6 is 0 Å². The highest BCUT2D eigenvalue weighted by atomic mass is 16.5. The second-order valence-corrected chi connectivity index (χ2v) is 6.96. The van der Waals surface area contributed by atoms with Gasteiger partial charge in [0.05, 0.1) is 6.61 Å². The minimum atomic E-state index is -0.834. The van der Waals surface area contributed by atoms with Gasteiger partial charge in [-0.25, -0.2) is 0 Å². The Morgan fingerprint density at radius 3 is 2.14 bits per heavy atom. The number of aliphatic hydroxyl groups excluding tert-OH is 1. The fourth-order valence-corrected chi connectivity index (χ4v) is 2.37. The minimum Gasteiger partial charge on any atom is -0.461 e. The van der Waals surface area contributed by atoms with Crippen LogP contribution in [0.25, 0.3) is 0 Å². The summed E-state index contributed by atoms with van der Waals surface area (Å²) in [6, 6.07) is 5.11. The van der Waals surface area contributed by atoms with Crippen LogP contribution in [0.2, 0.25) is 0 Å². The van der Waals surface area contributed by atoms with E-state index in [9.17, 15) is 19.2 Å². The van der Waals surface area contributed by atoms with Crippen molar-refractivity contribution in [1.29, 1.82) is 0 Å². The van der Waals surface area contributed by atoms with E-state index in [0.29, 0.717) is 5.69 Å². The van der Waals surface area contributed by atoms with Gasteiger partial charge in [0.1, 0.15) is 18.7 Å². The van der Waals surface area contributed by atoms with E-state index in [1.165, 1.54) is 13.8 Å². The van der Waals surface area contributed by atoms with E-state index < -0.39 is 29.8 Å². The number of anilines is 1. The molecule has 1 rings (SSSR count). The lowest BCUT2D eigenvalue weighted by Crippen LogP contribution is -2.53. The van der Waals surface area contributed by atoms with Gasteiger partial charge in [-0.1, -0.05) is 26.0 Å². The van der Waals surface area contributed by atoms with E-state index in [1.807, 2.05) is 0 Å². The molecular formula is C20H29N3O6. The zero-order valence-corrected chi connectivity index (χ0v) is 17.2. The number of nitrogens with one attached hydrogen (secondary N) is 3. The van der Waals surface area contributed by atoms with Gasteiger partial charge >= 0.3 is 5.97 Å². The third-order valence-electron chi connectivity index (χ3n) is 4.02. The van der Waals surface area contributed by atoms with Crippen LogP contribution in [0.15, 0.2) is 24.3 Å². The number of ether oxygens (including phenoxy) is 1. The molecule has 29 heavy (non-hydrogen) atoms. The Hall–Kier alpha value is -2.94. The summed E-state index contributed by atoms with van der Waals surface area (Å²) in [6.45, 7) is 6.24. The van der Waals surface area contributed by atoms with E-state index >= 15 is 0 Å². The lowest BCUT2D eigenvalue weighted by atomic mass is 10.0. The van der Waals surface area contributed by atoms with Crippen LogP contribution < -0.4 is 16.0 Å². The van der Waals surface area contributed by atoms with Crippen molar-refractivity contribution in [2.75, 3.05) is 11.9 Å². The Kier molecular flexibility index (Phi) is 9.81. The molecule has 160 valence electrons. The Bertz CT molecular complexity index is 717. The fraction of sp³-hybridized carbons (Fsp3) is 0.500. The van der Waals surface area contributed by atoms with Gasteiger partial charge in [0.25, 0.3) is 0 Å². The summed E-state index contributed by atoms with van der Waals surface area (Å²) in [6.07, 6.45) is -0.0972. The zero-order chi connectivity index (χ0) is 22.0. The van der Waals surface area contributed by atoms with Gasteiger partial charge in [-0.15, -0.1) is 0 Å². The fourth-order valence-electron chi connectivity index (χ4n) is 2.37. The summed E-state index contributed by atoms with van der Waals surface area (Å²) in [7, 11) is 0. The van der Waals surface area contributed by atoms with E-state index in [-0.39, 0.29) is 31.5 Å². The molecule has 0 saturated carbocycles. The molecule has 2 atom stereocenters. The highest BCUT2D eigenvalue weighted by Gasteiger charge is 2.26. The molecule has 0 aromatic heterocycles. The zero-order valence-electron chi connectivity index (χ0n) is 17.2. The van der Waals surface area contributed by atoms with E-state index in [1.54, 1.807) is 38.1 Å². The molecule has 0 aliphatic heterocycles. The lowest BCUT2D eigenvalue weighted by molar-refractivity contribution is -0.142. The summed E-state index contributed by atoms with van der Waals surface area (Å²) in [5, 5.41) is 16.7. The number of benzene rings is 1. The highest BCUT2D eigenvalue weighted by Crippen LogP contribution is 2.11. The smallest absolute Gasteiger partial charge is 0.302 e. The predicted molar refractivity (Wildman–Crippen MR) is 107 cm³/mol. The first-order valence-electron chi connectivity index (χ1n) is 9.37. The van der Waals surface area contributed by atoms with Crippen molar-refractivity contribution in [3.05, 3.63) is 29.8 Å².